The summed E-state index contributed by atoms with van der Waals surface area (Å²) in [4.78, 5) is 23.1. The van der Waals surface area contributed by atoms with Crippen molar-refractivity contribution in [2.75, 3.05) is 29.2 Å². The zero-order chi connectivity index (χ0) is 27.4. The van der Waals surface area contributed by atoms with Crippen LogP contribution in [-0.2, 0) is 23.8 Å². The third-order valence-corrected chi connectivity index (χ3v) is 5.95. The SMILES string of the molecule is CC(=O)Nc1ccc(NC(C)=O)c(N[C@@H]2O[C@@H](CO)[C@@H](O[C@H]3O[C@@H](CO)[C@@H](O)[C@@H](O)[C@H]3O)[C@@H](O)[C@@H]2O)c1. The molecule has 37 heavy (non-hydrogen) atoms. The Labute approximate surface area is 211 Å². The van der Waals surface area contributed by atoms with Crippen LogP contribution in [0.5, 0.6) is 0 Å². The van der Waals surface area contributed by atoms with Gasteiger partial charge in [0.15, 0.2) is 12.5 Å². The molecule has 15 heteroatoms. The first-order chi connectivity index (χ1) is 17.5. The maximum atomic E-state index is 11.6. The van der Waals surface area contributed by atoms with Crippen LogP contribution in [-0.4, -0.2) is 122 Å². The molecular weight excluding hydrogens is 498 g/mol. The molecule has 0 bridgehead atoms. The van der Waals surface area contributed by atoms with Gasteiger partial charge < -0.3 is 65.9 Å². The lowest BCUT2D eigenvalue weighted by atomic mass is 9.96. The van der Waals surface area contributed by atoms with Crippen LogP contribution in [0.2, 0.25) is 0 Å². The van der Waals surface area contributed by atoms with Gasteiger partial charge in [-0.3, -0.25) is 9.59 Å². The summed E-state index contributed by atoms with van der Waals surface area (Å²) in [6.45, 7) is 1.17. The molecule has 0 spiro atoms. The Hall–Kier alpha value is -2.44. The lowest BCUT2D eigenvalue weighted by Crippen LogP contribution is -2.65. The third kappa shape index (κ3) is 6.71. The van der Waals surface area contributed by atoms with Crippen molar-refractivity contribution in [2.45, 2.75) is 75.2 Å². The third-order valence-electron chi connectivity index (χ3n) is 5.95. The van der Waals surface area contributed by atoms with Crippen LogP contribution >= 0.6 is 0 Å². The molecule has 0 aliphatic carbocycles. The quantitative estimate of drug-likeness (QED) is 0.158. The van der Waals surface area contributed by atoms with Gasteiger partial charge in [0.25, 0.3) is 0 Å². The zero-order valence-corrected chi connectivity index (χ0v) is 20.1. The molecule has 2 fully saturated rings. The van der Waals surface area contributed by atoms with E-state index in [-0.39, 0.29) is 17.3 Å². The lowest BCUT2D eigenvalue weighted by Gasteiger charge is -2.46. The number of carbonyl (C=O) groups excluding carboxylic acids is 2. The molecule has 2 saturated heterocycles. The molecule has 0 saturated carbocycles. The van der Waals surface area contributed by atoms with E-state index in [0.717, 1.165) is 0 Å². The number of hydrogen-bond donors (Lipinski definition) is 10. The molecule has 2 aliphatic heterocycles. The van der Waals surface area contributed by atoms with E-state index in [1.807, 2.05) is 0 Å². The molecule has 3 rings (SSSR count). The summed E-state index contributed by atoms with van der Waals surface area (Å²) in [7, 11) is 0. The van der Waals surface area contributed by atoms with Crippen LogP contribution in [0.4, 0.5) is 17.1 Å². The fraction of sp³-hybridized carbons (Fsp3) is 0.636. The smallest absolute Gasteiger partial charge is 0.221 e. The van der Waals surface area contributed by atoms with Gasteiger partial charge in [0.2, 0.25) is 11.8 Å². The molecule has 2 amide bonds. The van der Waals surface area contributed by atoms with E-state index < -0.39 is 80.5 Å². The van der Waals surface area contributed by atoms with Crippen molar-refractivity contribution in [3.63, 3.8) is 0 Å². The van der Waals surface area contributed by atoms with Gasteiger partial charge in [0, 0.05) is 19.5 Å². The number of aliphatic hydroxyl groups is 7. The Morgan fingerprint density at radius 3 is 2.05 bits per heavy atom. The number of ether oxygens (including phenoxy) is 3. The highest BCUT2D eigenvalue weighted by Crippen LogP contribution is 2.32. The van der Waals surface area contributed by atoms with Gasteiger partial charge in [-0.15, -0.1) is 0 Å². The van der Waals surface area contributed by atoms with Crippen LogP contribution < -0.4 is 16.0 Å². The van der Waals surface area contributed by atoms with Crippen LogP contribution in [0.25, 0.3) is 0 Å². The first kappa shape index (κ1) is 29.1. The molecule has 1 aromatic rings. The van der Waals surface area contributed by atoms with E-state index in [2.05, 4.69) is 16.0 Å². The number of anilines is 3. The zero-order valence-electron chi connectivity index (χ0n) is 20.1. The molecule has 0 aromatic heterocycles. The number of amides is 2. The average molecular weight is 532 g/mol. The number of rotatable bonds is 8. The molecule has 208 valence electrons. The number of benzene rings is 1. The maximum absolute atomic E-state index is 11.6. The Morgan fingerprint density at radius 2 is 1.46 bits per heavy atom. The van der Waals surface area contributed by atoms with Crippen LogP contribution in [0, 0.1) is 0 Å². The molecule has 0 unspecified atom stereocenters. The standard InChI is InChI=1S/C22H33N3O12/c1-8(28)23-10-3-4-11(24-9(2)29)12(5-10)25-21-18(33)17(32)20(14(7-27)35-21)37-22-19(34)16(31)15(30)13(6-26)36-22/h3-5,13-22,25-27,30-34H,6-7H2,1-2H3,(H,23,28)(H,24,29)/t13-,14-,15+,16+,17-,18-,19+,20+,21+,22+/m0/s1. The number of hydrogen-bond acceptors (Lipinski definition) is 13. The van der Waals surface area contributed by atoms with Gasteiger partial charge in [-0.25, -0.2) is 0 Å². The van der Waals surface area contributed by atoms with E-state index in [9.17, 15) is 45.3 Å². The van der Waals surface area contributed by atoms with Gasteiger partial charge in [-0.05, 0) is 18.2 Å². The second-order valence-electron chi connectivity index (χ2n) is 8.82. The Kier molecular flexibility index (Phi) is 9.76. The molecule has 10 atom stereocenters. The van der Waals surface area contributed by atoms with Crippen molar-refractivity contribution in [2.24, 2.45) is 0 Å². The largest absolute Gasteiger partial charge is 0.394 e. The van der Waals surface area contributed by atoms with Gasteiger partial charge in [-0.2, -0.15) is 0 Å². The first-order valence-corrected chi connectivity index (χ1v) is 11.5. The second kappa shape index (κ2) is 12.4. The molecule has 15 nitrogen and oxygen atoms in total. The summed E-state index contributed by atoms with van der Waals surface area (Å²) >= 11 is 0. The second-order valence-corrected chi connectivity index (χ2v) is 8.82. The summed E-state index contributed by atoms with van der Waals surface area (Å²) < 4.78 is 16.5. The maximum Gasteiger partial charge on any atom is 0.221 e. The average Bonchev–Trinajstić information content (AvgIpc) is 2.84. The minimum atomic E-state index is -1.78. The normalized spacial score (nSPS) is 36.0. The first-order valence-electron chi connectivity index (χ1n) is 11.5. The number of carbonyl (C=O) groups is 2. The minimum absolute atomic E-state index is 0.211. The van der Waals surface area contributed by atoms with Crippen LogP contribution in [0.15, 0.2) is 18.2 Å². The van der Waals surface area contributed by atoms with Crippen molar-refractivity contribution in [1.29, 1.82) is 0 Å². The van der Waals surface area contributed by atoms with Crippen molar-refractivity contribution in [3.05, 3.63) is 18.2 Å². The summed E-state index contributed by atoms with van der Waals surface area (Å²) in [5.74, 6) is -0.752. The van der Waals surface area contributed by atoms with E-state index in [1.54, 1.807) is 0 Å². The lowest BCUT2D eigenvalue weighted by molar-refractivity contribution is -0.340. The Bertz CT molecular complexity index is 947. The Balaban J connectivity index is 1.80. The van der Waals surface area contributed by atoms with Crippen molar-refractivity contribution in [3.8, 4) is 0 Å². The predicted octanol–water partition coefficient (Wildman–Crippen LogP) is -3.36. The number of aliphatic hydroxyl groups excluding tert-OH is 7. The molecule has 10 N–H and O–H groups in total. The molecular formula is C22H33N3O12. The van der Waals surface area contributed by atoms with E-state index >= 15 is 0 Å². The fourth-order valence-electron chi connectivity index (χ4n) is 4.11. The molecule has 2 heterocycles. The van der Waals surface area contributed by atoms with Crippen molar-refractivity contribution < 1.29 is 59.5 Å². The van der Waals surface area contributed by atoms with E-state index in [0.29, 0.717) is 5.69 Å². The highest BCUT2D eigenvalue weighted by Gasteiger charge is 2.50. The van der Waals surface area contributed by atoms with Crippen molar-refractivity contribution in [1.82, 2.24) is 0 Å². The minimum Gasteiger partial charge on any atom is -0.394 e. The predicted molar refractivity (Wildman–Crippen MR) is 125 cm³/mol. The highest BCUT2D eigenvalue weighted by atomic mass is 16.7. The van der Waals surface area contributed by atoms with Gasteiger partial charge >= 0.3 is 0 Å². The summed E-state index contributed by atoms with van der Waals surface area (Å²) in [5, 5.41) is 78.9. The van der Waals surface area contributed by atoms with Crippen molar-refractivity contribution >= 4 is 28.9 Å². The molecule has 0 radical (unpaired) electrons. The summed E-state index contributed by atoms with van der Waals surface area (Å²) in [6, 6.07) is 4.49. The monoisotopic (exact) mass is 531 g/mol. The highest BCUT2D eigenvalue weighted by molar-refractivity contribution is 5.95. The van der Waals surface area contributed by atoms with Gasteiger partial charge in [0.1, 0.15) is 48.8 Å². The summed E-state index contributed by atoms with van der Waals surface area (Å²) in [6.07, 6.45) is -15.6. The van der Waals surface area contributed by atoms with Crippen LogP contribution in [0.1, 0.15) is 13.8 Å². The van der Waals surface area contributed by atoms with E-state index in [4.69, 9.17) is 14.2 Å². The van der Waals surface area contributed by atoms with Gasteiger partial charge in [0.05, 0.1) is 24.6 Å². The van der Waals surface area contributed by atoms with E-state index in [1.165, 1.54) is 32.0 Å². The summed E-state index contributed by atoms with van der Waals surface area (Å²) in [5.41, 5.74) is 0.840. The van der Waals surface area contributed by atoms with Gasteiger partial charge in [-0.1, -0.05) is 0 Å². The van der Waals surface area contributed by atoms with Crippen LogP contribution in [0.3, 0.4) is 0 Å². The number of nitrogens with one attached hydrogen (secondary N) is 3. The topological polar surface area (TPSA) is 240 Å². The Morgan fingerprint density at radius 1 is 0.811 bits per heavy atom. The molecule has 2 aliphatic rings. The fourth-order valence-corrected chi connectivity index (χ4v) is 4.11. The molecule has 1 aromatic carbocycles.